The van der Waals surface area contributed by atoms with Crippen molar-refractivity contribution < 1.29 is 9.84 Å². The monoisotopic (exact) mass is 354 g/mol. The highest BCUT2D eigenvalue weighted by Gasteiger charge is 2.48. The van der Waals surface area contributed by atoms with Crippen LogP contribution in [-0.4, -0.2) is 25.0 Å². The molecule has 1 aliphatic carbocycles. The molecule has 6 nitrogen and oxygen atoms in total. The Morgan fingerprint density at radius 3 is 2.52 bits per heavy atom. The minimum absolute atomic E-state index is 0.118. The van der Waals surface area contributed by atoms with E-state index in [2.05, 4.69) is 19.9 Å². The summed E-state index contributed by atoms with van der Waals surface area (Å²) in [6.07, 6.45) is 8.16. The lowest BCUT2D eigenvalue weighted by Crippen LogP contribution is -2.31. The van der Waals surface area contributed by atoms with Gasteiger partial charge in [-0.2, -0.15) is 0 Å². The van der Waals surface area contributed by atoms with E-state index in [1.807, 2.05) is 0 Å². The molecule has 1 unspecified atom stereocenters. The van der Waals surface area contributed by atoms with Crippen LogP contribution in [-0.2, 0) is 5.60 Å². The van der Waals surface area contributed by atoms with Gasteiger partial charge in [-0.25, -0.2) is 15.0 Å². The van der Waals surface area contributed by atoms with Crippen LogP contribution in [0.3, 0.4) is 0 Å². The van der Waals surface area contributed by atoms with Gasteiger partial charge in [0, 0.05) is 24.0 Å². The zero-order valence-electron chi connectivity index (χ0n) is 13.2. The molecule has 0 spiro atoms. The summed E-state index contributed by atoms with van der Waals surface area (Å²) in [5.41, 5.74) is 0.0139. The van der Waals surface area contributed by atoms with Crippen molar-refractivity contribution >= 4 is 11.6 Å². The van der Waals surface area contributed by atoms with Crippen molar-refractivity contribution in [3.63, 3.8) is 0 Å². The van der Waals surface area contributed by atoms with Gasteiger partial charge in [0.2, 0.25) is 5.88 Å². The average molecular weight is 355 g/mol. The summed E-state index contributed by atoms with van der Waals surface area (Å²) in [5.74, 6) is 1.02. The van der Waals surface area contributed by atoms with Gasteiger partial charge in [0.15, 0.2) is 0 Å². The van der Waals surface area contributed by atoms with Crippen LogP contribution in [0.2, 0.25) is 5.15 Å². The summed E-state index contributed by atoms with van der Waals surface area (Å²) in [7, 11) is 0. The lowest BCUT2D eigenvalue weighted by atomic mass is 9.87. The van der Waals surface area contributed by atoms with Crippen LogP contribution in [0.4, 0.5) is 0 Å². The molecule has 0 radical (unpaired) electrons. The standard InChI is InChI=1S/C18H15ClN4O2/c19-16-2-1-3-17(23-16)25-14-6-7-15(22-10-14)18(24,12-4-5-12)13-8-20-11-21-9-13/h1-3,6-12,24H,4-5H2. The van der Waals surface area contributed by atoms with Crippen LogP contribution >= 0.6 is 11.6 Å². The third kappa shape index (κ3) is 3.18. The van der Waals surface area contributed by atoms with Crippen molar-refractivity contribution in [3.8, 4) is 11.6 Å². The number of aliphatic hydroxyl groups is 1. The van der Waals surface area contributed by atoms with Gasteiger partial charge in [-0.1, -0.05) is 17.7 Å². The first-order valence-electron chi connectivity index (χ1n) is 7.91. The molecular weight excluding hydrogens is 340 g/mol. The molecule has 3 heterocycles. The molecule has 1 N–H and O–H groups in total. The molecule has 0 aliphatic heterocycles. The third-order valence-corrected chi connectivity index (χ3v) is 4.42. The Balaban J connectivity index is 1.62. The van der Waals surface area contributed by atoms with Crippen LogP contribution in [0.1, 0.15) is 24.1 Å². The lowest BCUT2D eigenvalue weighted by molar-refractivity contribution is 0.0511. The van der Waals surface area contributed by atoms with Crippen molar-refractivity contribution in [2.75, 3.05) is 0 Å². The van der Waals surface area contributed by atoms with Crippen LogP contribution in [0.15, 0.2) is 55.2 Å². The topological polar surface area (TPSA) is 81.0 Å². The quantitative estimate of drug-likeness (QED) is 0.707. The number of pyridine rings is 2. The maximum absolute atomic E-state index is 11.3. The predicted molar refractivity (Wildman–Crippen MR) is 91.3 cm³/mol. The number of rotatable bonds is 5. The fraction of sp³-hybridized carbons (Fsp3) is 0.222. The molecule has 7 heteroatoms. The Hall–Kier alpha value is -2.57. The number of ether oxygens (including phenoxy) is 1. The zero-order valence-corrected chi connectivity index (χ0v) is 14.0. The molecule has 1 fully saturated rings. The van der Waals surface area contributed by atoms with E-state index in [0.29, 0.717) is 28.0 Å². The highest BCUT2D eigenvalue weighted by Crippen LogP contribution is 2.48. The summed E-state index contributed by atoms with van der Waals surface area (Å²) >= 11 is 5.85. The van der Waals surface area contributed by atoms with Crippen LogP contribution in [0, 0.1) is 5.92 Å². The number of nitrogens with zero attached hydrogens (tertiary/aromatic N) is 4. The van der Waals surface area contributed by atoms with E-state index in [1.54, 1.807) is 48.9 Å². The molecular formula is C18H15ClN4O2. The summed E-state index contributed by atoms with van der Waals surface area (Å²) in [4.78, 5) is 16.5. The van der Waals surface area contributed by atoms with E-state index in [1.165, 1.54) is 6.33 Å². The Morgan fingerprint density at radius 2 is 1.88 bits per heavy atom. The number of hydrogen-bond acceptors (Lipinski definition) is 6. The molecule has 1 atom stereocenters. The second-order valence-corrected chi connectivity index (χ2v) is 6.33. The molecule has 0 aromatic carbocycles. The molecule has 0 bridgehead atoms. The van der Waals surface area contributed by atoms with Crippen molar-refractivity contribution in [2.24, 2.45) is 5.92 Å². The summed E-state index contributed by atoms with van der Waals surface area (Å²) < 4.78 is 5.64. The largest absolute Gasteiger partial charge is 0.437 e. The van der Waals surface area contributed by atoms with E-state index < -0.39 is 5.60 Å². The maximum atomic E-state index is 11.3. The summed E-state index contributed by atoms with van der Waals surface area (Å²) in [6.45, 7) is 0. The Labute approximate surface area is 149 Å². The van der Waals surface area contributed by atoms with Gasteiger partial charge in [-0.3, -0.25) is 4.98 Å². The molecule has 3 aromatic heterocycles. The molecule has 4 rings (SSSR count). The highest BCUT2D eigenvalue weighted by molar-refractivity contribution is 6.29. The first-order valence-corrected chi connectivity index (χ1v) is 8.29. The Bertz CT molecular complexity index is 872. The number of aromatic nitrogens is 4. The normalized spacial score (nSPS) is 16.2. The highest BCUT2D eigenvalue weighted by atomic mass is 35.5. The van der Waals surface area contributed by atoms with E-state index in [4.69, 9.17) is 16.3 Å². The molecule has 0 saturated heterocycles. The Morgan fingerprint density at radius 1 is 1.08 bits per heavy atom. The van der Waals surface area contributed by atoms with Crippen LogP contribution in [0.5, 0.6) is 11.6 Å². The molecule has 3 aromatic rings. The smallest absolute Gasteiger partial charge is 0.220 e. The first-order chi connectivity index (χ1) is 12.2. The molecule has 1 saturated carbocycles. The van der Waals surface area contributed by atoms with Gasteiger partial charge in [-0.05, 0) is 37.0 Å². The van der Waals surface area contributed by atoms with E-state index >= 15 is 0 Å². The second-order valence-electron chi connectivity index (χ2n) is 5.95. The van der Waals surface area contributed by atoms with Crippen molar-refractivity contribution in [1.29, 1.82) is 0 Å². The van der Waals surface area contributed by atoms with Crippen molar-refractivity contribution in [1.82, 2.24) is 19.9 Å². The number of halogens is 1. The number of hydrogen-bond donors (Lipinski definition) is 1. The first kappa shape index (κ1) is 15.9. The average Bonchev–Trinajstić information content (AvgIpc) is 3.48. The minimum Gasteiger partial charge on any atom is -0.437 e. The fourth-order valence-corrected chi connectivity index (χ4v) is 2.98. The second kappa shape index (κ2) is 6.38. The molecule has 126 valence electrons. The van der Waals surface area contributed by atoms with Gasteiger partial charge in [0.05, 0.1) is 11.9 Å². The minimum atomic E-state index is -1.19. The molecule has 25 heavy (non-hydrogen) atoms. The summed E-state index contributed by atoms with van der Waals surface area (Å²) in [5, 5.41) is 11.7. The summed E-state index contributed by atoms with van der Waals surface area (Å²) in [6, 6.07) is 8.65. The maximum Gasteiger partial charge on any atom is 0.220 e. The van der Waals surface area contributed by atoms with E-state index in [-0.39, 0.29) is 5.92 Å². The van der Waals surface area contributed by atoms with Crippen LogP contribution in [0.25, 0.3) is 0 Å². The third-order valence-electron chi connectivity index (χ3n) is 4.21. The van der Waals surface area contributed by atoms with Gasteiger partial charge >= 0.3 is 0 Å². The molecule has 1 aliphatic rings. The predicted octanol–water partition coefficient (Wildman–Crippen LogP) is 3.36. The van der Waals surface area contributed by atoms with Gasteiger partial charge in [0.25, 0.3) is 0 Å². The van der Waals surface area contributed by atoms with Crippen LogP contribution < -0.4 is 4.74 Å². The molecule has 0 amide bonds. The zero-order chi connectivity index (χ0) is 17.3. The van der Waals surface area contributed by atoms with E-state index in [0.717, 1.165) is 12.8 Å². The fourth-order valence-electron chi connectivity index (χ4n) is 2.82. The van der Waals surface area contributed by atoms with Crippen molar-refractivity contribution in [2.45, 2.75) is 18.4 Å². The van der Waals surface area contributed by atoms with Gasteiger partial charge in [0.1, 0.15) is 22.8 Å². The van der Waals surface area contributed by atoms with Gasteiger partial charge in [-0.15, -0.1) is 0 Å². The Kier molecular flexibility index (Phi) is 4.07. The van der Waals surface area contributed by atoms with Crippen molar-refractivity contribution in [3.05, 3.63) is 71.7 Å². The lowest BCUT2D eigenvalue weighted by Gasteiger charge is -2.27. The SMILES string of the molecule is OC(c1cncnc1)(c1ccc(Oc2cccc(Cl)n2)cn1)C1CC1. The van der Waals surface area contributed by atoms with Gasteiger partial charge < -0.3 is 9.84 Å². The van der Waals surface area contributed by atoms with E-state index in [9.17, 15) is 5.11 Å².